The van der Waals surface area contributed by atoms with Gasteiger partial charge in [0.15, 0.2) is 0 Å². The Hall–Kier alpha value is -2.73. The minimum absolute atomic E-state index is 0.00409. The van der Waals surface area contributed by atoms with Gasteiger partial charge in [-0.3, -0.25) is 14.6 Å². The first-order valence-corrected chi connectivity index (χ1v) is 9.98. The van der Waals surface area contributed by atoms with Gasteiger partial charge in [0.25, 0.3) is 5.91 Å². The van der Waals surface area contributed by atoms with Crippen molar-refractivity contribution < 1.29 is 9.59 Å². The number of carbonyl (C=O) groups excluding carboxylic acids is 2. The molecule has 3 rings (SSSR count). The highest BCUT2D eigenvalue weighted by Gasteiger charge is 2.18. The maximum absolute atomic E-state index is 12.8. The molecule has 0 spiro atoms. The SMILES string of the molecule is O=C1CC(c2ccccc2)NCCCCN(C(=O)c2cccnc2)CCCN1. The molecule has 0 aliphatic carbocycles. The molecule has 0 bridgehead atoms. The van der Waals surface area contributed by atoms with Crippen molar-refractivity contribution in [2.75, 3.05) is 26.2 Å². The van der Waals surface area contributed by atoms with Gasteiger partial charge >= 0.3 is 0 Å². The minimum Gasteiger partial charge on any atom is -0.356 e. The van der Waals surface area contributed by atoms with E-state index in [1.165, 1.54) is 0 Å². The van der Waals surface area contributed by atoms with Crippen LogP contribution in [0, 0.1) is 0 Å². The molecule has 1 aliphatic rings. The summed E-state index contributed by atoms with van der Waals surface area (Å²) < 4.78 is 0. The van der Waals surface area contributed by atoms with Crippen molar-refractivity contribution in [2.24, 2.45) is 0 Å². The molecule has 0 radical (unpaired) electrons. The molecule has 1 unspecified atom stereocenters. The van der Waals surface area contributed by atoms with Crippen LogP contribution in [0.2, 0.25) is 0 Å². The van der Waals surface area contributed by atoms with Crippen LogP contribution in [-0.2, 0) is 4.79 Å². The standard InChI is InChI=1S/C22H28N4O2/c27-21-16-20(18-8-2-1-3-9-18)24-12-4-5-14-26(15-7-13-25-21)22(28)19-10-6-11-23-17-19/h1-3,6,8-11,17,20,24H,4-5,7,12-16H2,(H,25,27). The fourth-order valence-electron chi connectivity index (χ4n) is 3.44. The van der Waals surface area contributed by atoms with E-state index in [4.69, 9.17) is 0 Å². The van der Waals surface area contributed by atoms with Crippen molar-refractivity contribution in [3.63, 3.8) is 0 Å². The molecule has 2 heterocycles. The second-order valence-electron chi connectivity index (χ2n) is 7.07. The Kier molecular flexibility index (Phi) is 7.55. The summed E-state index contributed by atoms with van der Waals surface area (Å²) in [5, 5.41) is 6.50. The molecule has 1 aliphatic heterocycles. The monoisotopic (exact) mass is 380 g/mol. The highest BCUT2D eigenvalue weighted by molar-refractivity contribution is 5.93. The summed E-state index contributed by atoms with van der Waals surface area (Å²) in [5.41, 5.74) is 1.74. The van der Waals surface area contributed by atoms with Gasteiger partial charge in [-0.25, -0.2) is 0 Å². The summed E-state index contributed by atoms with van der Waals surface area (Å²) in [6, 6.07) is 13.7. The fraction of sp³-hybridized carbons (Fsp3) is 0.409. The van der Waals surface area contributed by atoms with Crippen LogP contribution in [0.25, 0.3) is 0 Å². The van der Waals surface area contributed by atoms with Crippen LogP contribution < -0.4 is 10.6 Å². The van der Waals surface area contributed by atoms with E-state index in [-0.39, 0.29) is 17.9 Å². The number of carbonyl (C=O) groups is 2. The van der Waals surface area contributed by atoms with Crippen molar-refractivity contribution >= 4 is 11.8 Å². The average Bonchev–Trinajstić information content (AvgIpc) is 2.76. The Balaban J connectivity index is 1.63. The lowest BCUT2D eigenvalue weighted by atomic mass is 10.0. The highest BCUT2D eigenvalue weighted by atomic mass is 16.2. The smallest absolute Gasteiger partial charge is 0.255 e. The molecular formula is C22H28N4O2. The van der Waals surface area contributed by atoms with E-state index in [0.717, 1.165) is 31.4 Å². The van der Waals surface area contributed by atoms with Gasteiger partial charge in [-0.1, -0.05) is 30.3 Å². The molecule has 1 saturated heterocycles. The van der Waals surface area contributed by atoms with Gasteiger partial charge in [0, 0.05) is 44.5 Å². The summed E-state index contributed by atoms with van der Waals surface area (Å²) in [6.45, 7) is 2.71. The van der Waals surface area contributed by atoms with Gasteiger partial charge in [-0.05, 0) is 43.5 Å². The molecule has 1 aromatic heterocycles. The Morgan fingerprint density at radius 2 is 1.82 bits per heavy atom. The molecule has 2 amide bonds. The number of pyridine rings is 1. The Labute approximate surface area is 166 Å². The number of hydrogen-bond donors (Lipinski definition) is 2. The van der Waals surface area contributed by atoms with Gasteiger partial charge in [0.05, 0.1) is 5.56 Å². The third-order valence-corrected chi connectivity index (χ3v) is 4.96. The summed E-state index contributed by atoms with van der Waals surface area (Å²) in [4.78, 5) is 31.1. The van der Waals surface area contributed by atoms with Crippen LogP contribution >= 0.6 is 0 Å². The zero-order valence-corrected chi connectivity index (χ0v) is 16.1. The predicted molar refractivity (Wildman–Crippen MR) is 109 cm³/mol. The maximum atomic E-state index is 12.8. The van der Waals surface area contributed by atoms with E-state index < -0.39 is 0 Å². The van der Waals surface area contributed by atoms with E-state index in [1.807, 2.05) is 23.1 Å². The number of nitrogens with zero attached hydrogens (tertiary/aromatic N) is 2. The van der Waals surface area contributed by atoms with E-state index in [9.17, 15) is 9.59 Å². The maximum Gasteiger partial charge on any atom is 0.255 e. The third-order valence-electron chi connectivity index (χ3n) is 4.96. The Morgan fingerprint density at radius 1 is 1.00 bits per heavy atom. The summed E-state index contributed by atoms with van der Waals surface area (Å²) >= 11 is 0. The highest BCUT2D eigenvalue weighted by Crippen LogP contribution is 2.17. The van der Waals surface area contributed by atoms with Crippen LogP contribution in [0.3, 0.4) is 0 Å². The molecule has 1 fully saturated rings. The number of aromatic nitrogens is 1. The predicted octanol–water partition coefficient (Wildman–Crippen LogP) is 2.54. The van der Waals surface area contributed by atoms with Crippen LogP contribution in [-0.4, -0.2) is 47.9 Å². The van der Waals surface area contributed by atoms with Crippen LogP contribution in [0.1, 0.15) is 47.6 Å². The van der Waals surface area contributed by atoms with Gasteiger partial charge < -0.3 is 15.5 Å². The van der Waals surface area contributed by atoms with Crippen LogP contribution in [0.15, 0.2) is 54.9 Å². The average molecular weight is 380 g/mol. The number of nitrogens with one attached hydrogen (secondary N) is 2. The van der Waals surface area contributed by atoms with E-state index >= 15 is 0 Å². The lowest BCUT2D eigenvalue weighted by Gasteiger charge is -2.23. The lowest BCUT2D eigenvalue weighted by Crippen LogP contribution is -2.35. The van der Waals surface area contributed by atoms with Gasteiger partial charge in [-0.2, -0.15) is 0 Å². The second-order valence-corrected chi connectivity index (χ2v) is 7.07. The normalized spacial score (nSPS) is 19.6. The van der Waals surface area contributed by atoms with Crippen molar-refractivity contribution in [2.45, 2.75) is 31.7 Å². The quantitative estimate of drug-likeness (QED) is 0.840. The van der Waals surface area contributed by atoms with Crippen LogP contribution in [0.5, 0.6) is 0 Å². The Morgan fingerprint density at radius 3 is 2.61 bits per heavy atom. The van der Waals surface area contributed by atoms with Gasteiger partial charge in [-0.15, -0.1) is 0 Å². The lowest BCUT2D eigenvalue weighted by molar-refractivity contribution is -0.121. The van der Waals surface area contributed by atoms with Crippen molar-refractivity contribution in [3.8, 4) is 0 Å². The van der Waals surface area contributed by atoms with Crippen molar-refractivity contribution in [1.29, 1.82) is 0 Å². The van der Waals surface area contributed by atoms with Gasteiger partial charge in [0.2, 0.25) is 5.91 Å². The van der Waals surface area contributed by atoms with Crippen molar-refractivity contribution in [1.82, 2.24) is 20.5 Å². The zero-order valence-electron chi connectivity index (χ0n) is 16.1. The summed E-state index contributed by atoms with van der Waals surface area (Å²) in [5.74, 6) is 0.0372. The first-order chi connectivity index (χ1) is 13.7. The van der Waals surface area contributed by atoms with Crippen molar-refractivity contribution in [3.05, 3.63) is 66.0 Å². The van der Waals surface area contributed by atoms with E-state index in [1.54, 1.807) is 24.5 Å². The Bertz CT molecular complexity index is 752. The first kappa shape index (κ1) is 20.0. The molecular weight excluding hydrogens is 352 g/mol. The zero-order chi connectivity index (χ0) is 19.6. The molecule has 0 saturated carbocycles. The second kappa shape index (κ2) is 10.6. The summed E-state index contributed by atoms with van der Waals surface area (Å²) in [7, 11) is 0. The molecule has 2 N–H and O–H groups in total. The minimum atomic E-state index is 0.00409. The number of hydrogen-bond acceptors (Lipinski definition) is 4. The van der Waals surface area contributed by atoms with Crippen LogP contribution in [0.4, 0.5) is 0 Å². The molecule has 1 atom stereocenters. The topological polar surface area (TPSA) is 74.3 Å². The molecule has 6 nitrogen and oxygen atoms in total. The summed E-state index contributed by atoms with van der Waals surface area (Å²) in [6.07, 6.45) is 6.30. The third kappa shape index (κ3) is 5.89. The molecule has 2 aromatic rings. The largest absolute Gasteiger partial charge is 0.356 e. The van der Waals surface area contributed by atoms with E-state index in [0.29, 0.717) is 31.6 Å². The number of rotatable bonds is 2. The molecule has 6 heteroatoms. The fourth-order valence-corrected chi connectivity index (χ4v) is 3.44. The first-order valence-electron chi connectivity index (χ1n) is 9.98. The van der Waals surface area contributed by atoms with Gasteiger partial charge in [0.1, 0.15) is 0 Å². The van der Waals surface area contributed by atoms with E-state index in [2.05, 4.69) is 27.8 Å². The molecule has 1 aromatic carbocycles. The molecule has 148 valence electrons. The molecule has 28 heavy (non-hydrogen) atoms. The number of benzene rings is 1. The number of amides is 2.